The van der Waals surface area contributed by atoms with E-state index in [4.69, 9.17) is 14.2 Å². The average molecular weight is 295 g/mol. The van der Waals surface area contributed by atoms with Crippen molar-refractivity contribution in [3.63, 3.8) is 0 Å². The molecule has 0 atom stereocenters. The minimum atomic E-state index is -0.173. The molecule has 1 rings (SSSR count). The van der Waals surface area contributed by atoms with Gasteiger partial charge in [-0.3, -0.25) is 0 Å². The molecule has 1 aromatic carbocycles. The molecule has 0 spiro atoms. The third kappa shape index (κ3) is 6.36. The highest BCUT2D eigenvalue weighted by atomic mass is 16.5. The number of nitrogens with one attached hydrogen (secondary N) is 1. The van der Waals surface area contributed by atoms with Gasteiger partial charge in [-0.05, 0) is 44.5 Å². The molecule has 0 saturated heterocycles. The third-order valence-electron chi connectivity index (χ3n) is 3.50. The van der Waals surface area contributed by atoms with E-state index in [-0.39, 0.29) is 5.60 Å². The SMILES string of the molecule is CCCNCc1ccc(OC)c(OCCC(C)(C)OC)c1. The monoisotopic (exact) mass is 295 g/mol. The summed E-state index contributed by atoms with van der Waals surface area (Å²) in [4.78, 5) is 0. The Morgan fingerprint density at radius 1 is 1.14 bits per heavy atom. The Labute approximate surface area is 128 Å². The largest absolute Gasteiger partial charge is 0.493 e. The zero-order valence-corrected chi connectivity index (χ0v) is 14.0. The van der Waals surface area contributed by atoms with Crippen LogP contribution in [0.3, 0.4) is 0 Å². The number of hydrogen-bond donors (Lipinski definition) is 1. The molecule has 0 bridgehead atoms. The summed E-state index contributed by atoms with van der Waals surface area (Å²) in [5.41, 5.74) is 1.03. The van der Waals surface area contributed by atoms with Crippen LogP contribution in [-0.4, -0.2) is 33.0 Å². The molecule has 4 heteroatoms. The van der Waals surface area contributed by atoms with E-state index < -0.39 is 0 Å². The van der Waals surface area contributed by atoms with Crippen molar-refractivity contribution in [1.82, 2.24) is 5.32 Å². The molecule has 1 aromatic rings. The molecule has 0 fully saturated rings. The van der Waals surface area contributed by atoms with E-state index in [2.05, 4.69) is 32.2 Å². The molecule has 0 aliphatic carbocycles. The molecule has 0 radical (unpaired) electrons. The maximum atomic E-state index is 5.88. The fourth-order valence-electron chi connectivity index (χ4n) is 1.86. The van der Waals surface area contributed by atoms with Crippen LogP contribution in [0, 0.1) is 0 Å². The molecule has 120 valence electrons. The van der Waals surface area contributed by atoms with Gasteiger partial charge in [0.2, 0.25) is 0 Å². The molecule has 0 heterocycles. The van der Waals surface area contributed by atoms with Crippen LogP contribution in [-0.2, 0) is 11.3 Å². The quantitative estimate of drug-likeness (QED) is 0.672. The Morgan fingerprint density at radius 3 is 2.52 bits per heavy atom. The highest BCUT2D eigenvalue weighted by Crippen LogP contribution is 2.28. The summed E-state index contributed by atoms with van der Waals surface area (Å²) < 4.78 is 16.6. The van der Waals surface area contributed by atoms with Gasteiger partial charge in [0.1, 0.15) is 0 Å². The van der Waals surface area contributed by atoms with Crippen LogP contribution in [0.15, 0.2) is 18.2 Å². The number of rotatable bonds is 10. The van der Waals surface area contributed by atoms with Crippen molar-refractivity contribution in [2.45, 2.75) is 45.8 Å². The van der Waals surface area contributed by atoms with Gasteiger partial charge in [0, 0.05) is 20.1 Å². The Morgan fingerprint density at radius 2 is 1.90 bits per heavy atom. The number of methoxy groups -OCH3 is 2. The van der Waals surface area contributed by atoms with E-state index in [9.17, 15) is 0 Å². The molecule has 0 aliphatic rings. The lowest BCUT2D eigenvalue weighted by molar-refractivity contribution is 0.00525. The highest BCUT2D eigenvalue weighted by Gasteiger charge is 2.16. The predicted octanol–water partition coefficient (Wildman–Crippen LogP) is 3.39. The third-order valence-corrected chi connectivity index (χ3v) is 3.50. The smallest absolute Gasteiger partial charge is 0.161 e. The molecular weight excluding hydrogens is 266 g/mol. The van der Waals surface area contributed by atoms with Crippen molar-refractivity contribution in [3.8, 4) is 11.5 Å². The van der Waals surface area contributed by atoms with E-state index >= 15 is 0 Å². The van der Waals surface area contributed by atoms with Crippen LogP contribution in [0.1, 0.15) is 39.2 Å². The first kappa shape index (κ1) is 17.8. The summed E-state index contributed by atoms with van der Waals surface area (Å²) in [5, 5.41) is 3.39. The van der Waals surface area contributed by atoms with Crippen molar-refractivity contribution in [1.29, 1.82) is 0 Å². The first-order valence-corrected chi connectivity index (χ1v) is 7.58. The zero-order chi connectivity index (χ0) is 15.7. The fraction of sp³-hybridized carbons (Fsp3) is 0.647. The molecule has 21 heavy (non-hydrogen) atoms. The summed E-state index contributed by atoms with van der Waals surface area (Å²) in [7, 11) is 3.39. The van der Waals surface area contributed by atoms with E-state index in [0.29, 0.717) is 6.61 Å². The molecule has 0 amide bonds. The lowest BCUT2D eigenvalue weighted by atomic mass is 10.1. The number of ether oxygens (including phenoxy) is 3. The van der Waals surface area contributed by atoms with Crippen molar-refractivity contribution >= 4 is 0 Å². The van der Waals surface area contributed by atoms with E-state index in [0.717, 1.165) is 37.4 Å². The maximum absolute atomic E-state index is 5.88. The van der Waals surface area contributed by atoms with Crippen LogP contribution in [0.25, 0.3) is 0 Å². The molecule has 0 unspecified atom stereocenters. The standard InChI is InChI=1S/C17H29NO3/c1-6-10-18-13-14-7-8-15(19-4)16(12-14)21-11-9-17(2,3)20-5/h7-8,12,18H,6,9-11,13H2,1-5H3. The van der Waals surface area contributed by atoms with Gasteiger partial charge in [0.05, 0.1) is 19.3 Å². The van der Waals surface area contributed by atoms with Crippen LogP contribution in [0.2, 0.25) is 0 Å². The molecule has 0 saturated carbocycles. The van der Waals surface area contributed by atoms with Gasteiger partial charge >= 0.3 is 0 Å². The summed E-state index contributed by atoms with van der Waals surface area (Å²) in [6, 6.07) is 6.06. The average Bonchev–Trinajstić information content (AvgIpc) is 2.48. The molecule has 0 aromatic heterocycles. The van der Waals surface area contributed by atoms with Crippen molar-refractivity contribution < 1.29 is 14.2 Å². The van der Waals surface area contributed by atoms with E-state index in [1.54, 1.807) is 14.2 Å². The zero-order valence-electron chi connectivity index (χ0n) is 14.0. The van der Waals surface area contributed by atoms with Crippen molar-refractivity contribution in [2.24, 2.45) is 0 Å². The topological polar surface area (TPSA) is 39.7 Å². The van der Waals surface area contributed by atoms with Gasteiger partial charge in [-0.2, -0.15) is 0 Å². The number of hydrogen-bond acceptors (Lipinski definition) is 4. The van der Waals surface area contributed by atoms with Gasteiger partial charge < -0.3 is 19.5 Å². The fourth-order valence-corrected chi connectivity index (χ4v) is 1.86. The minimum absolute atomic E-state index is 0.173. The van der Waals surface area contributed by atoms with Gasteiger partial charge in [0.25, 0.3) is 0 Å². The summed E-state index contributed by atoms with van der Waals surface area (Å²) in [6.45, 7) is 8.73. The molecular formula is C17H29NO3. The first-order valence-electron chi connectivity index (χ1n) is 7.58. The second-order valence-corrected chi connectivity index (χ2v) is 5.72. The second-order valence-electron chi connectivity index (χ2n) is 5.72. The Balaban J connectivity index is 2.63. The van der Waals surface area contributed by atoms with Crippen LogP contribution < -0.4 is 14.8 Å². The molecule has 0 aliphatic heterocycles. The summed E-state index contributed by atoms with van der Waals surface area (Å²) >= 11 is 0. The summed E-state index contributed by atoms with van der Waals surface area (Å²) in [5.74, 6) is 1.56. The number of benzene rings is 1. The van der Waals surface area contributed by atoms with Crippen LogP contribution in [0.4, 0.5) is 0 Å². The van der Waals surface area contributed by atoms with Crippen LogP contribution in [0.5, 0.6) is 11.5 Å². The normalized spacial score (nSPS) is 11.5. The van der Waals surface area contributed by atoms with Gasteiger partial charge in [-0.25, -0.2) is 0 Å². The maximum Gasteiger partial charge on any atom is 0.161 e. The summed E-state index contributed by atoms with van der Waals surface area (Å²) in [6.07, 6.45) is 1.95. The van der Waals surface area contributed by atoms with Crippen molar-refractivity contribution in [2.75, 3.05) is 27.4 Å². The van der Waals surface area contributed by atoms with Crippen molar-refractivity contribution in [3.05, 3.63) is 23.8 Å². The molecule has 4 nitrogen and oxygen atoms in total. The Kier molecular flexibility index (Phi) is 7.54. The van der Waals surface area contributed by atoms with Gasteiger partial charge in [-0.15, -0.1) is 0 Å². The molecule has 1 N–H and O–H groups in total. The first-order chi connectivity index (χ1) is 10.0. The highest BCUT2D eigenvalue weighted by molar-refractivity contribution is 5.42. The predicted molar refractivity (Wildman–Crippen MR) is 86.2 cm³/mol. The lowest BCUT2D eigenvalue weighted by Gasteiger charge is -2.23. The van der Waals surface area contributed by atoms with Crippen LogP contribution >= 0.6 is 0 Å². The van der Waals surface area contributed by atoms with E-state index in [1.807, 2.05) is 12.1 Å². The Bertz CT molecular complexity index is 418. The lowest BCUT2D eigenvalue weighted by Crippen LogP contribution is -2.25. The van der Waals surface area contributed by atoms with E-state index in [1.165, 1.54) is 5.56 Å². The minimum Gasteiger partial charge on any atom is -0.493 e. The van der Waals surface area contributed by atoms with Gasteiger partial charge in [-0.1, -0.05) is 13.0 Å². The second kappa shape index (κ2) is 8.90. The van der Waals surface area contributed by atoms with Gasteiger partial charge in [0.15, 0.2) is 11.5 Å². The Hall–Kier alpha value is -1.26.